The van der Waals surface area contributed by atoms with Gasteiger partial charge in [-0.05, 0) is 55.0 Å². The molecule has 6 nitrogen and oxygen atoms in total. The number of aryl methyl sites for hydroxylation is 1. The van der Waals surface area contributed by atoms with Gasteiger partial charge in [0.1, 0.15) is 17.2 Å². The summed E-state index contributed by atoms with van der Waals surface area (Å²) in [6.45, 7) is 1.79. The lowest BCUT2D eigenvalue weighted by molar-refractivity contribution is -0.152. The zero-order chi connectivity index (χ0) is 21.8. The van der Waals surface area contributed by atoms with E-state index in [0.717, 1.165) is 5.56 Å². The second kappa shape index (κ2) is 8.93. The number of benzene rings is 3. The van der Waals surface area contributed by atoms with E-state index in [1.54, 1.807) is 49.4 Å². The Morgan fingerprint density at radius 3 is 2.29 bits per heavy atom. The van der Waals surface area contributed by atoms with E-state index in [2.05, 4.69) is 5.32 Å². The Morgan fingerprint density at radius 1 is 0.935 bits per heavy atom. The van der Waals surface area contributed by atoms with E-state index in [0.29, 0.717) is 22.7 Å². The van der Waals surface area contributed by atoms with Gasteiger partial charge in [-0.25, -0.2) is 9.59 Å². The van der Waals surface area contributed by atoms with E-state index in [1.165, 1.54) is 0 Å². The molecule has 0 aromatic heterocycles. The van der Waals surface area contributed by atoms with Crippen molar-refractivity contribution in [2.45, 2.75) is 13.2 Å². The summed E-state index contributed by atoms with van der Waals surface area (Å²) in [5, 5.41) is 2.83. The normalized spacial score (nSPS) is 15.4. The SMILES string of the molecule is Cc1ccccc1C(=O)O[C@@H]1OC(=O)C(Cl)=C1Nc1ccc(Oc2ccccc2)cc1. The highest BCUT2D eigenvalue weighted by atomic mass is 35.5. The van der Waals surface area contributed by atoms with Gasteiger partial charge < -0.3 is 19.5 Å². The number of halogens is 1. The number of carbonyl (C=O) groups is 2. The fourth-order valence-electron chi connectivity index (χ4n) is 2.97. The molecule has 1 aliphatic heterocycles. The minimum atomic E-state index is -1.27. The molecule has 3 aromatic rings. The maximum absolute atomic E-state index is 12.5. The molecule has 0 saturated carbocycles. The second-order valence-electron chi connectivity index (χ2n) is 6.75. The third kappa shape index (κ3) is 4.70. The van der Waals surface area contributed by atoms with Gasteiger partial charge in [-0.2, -0.15) is 0 Å². The summed E-state index contributed by atoms with van der Waals surface area (Å²) in [6, 6.07) is 23.4. The number of nitrogens with one attached hydrogen (secondary N) is 1. The fraction of sp³-hybridized carbons (Fsp3) is 0.0833. The molecule has 1 atom stereocenters. The summed E-state index contributed by atoms with van der Waals surface area (Å²) in [7, 11) is 0. The Bertz CT molecular complexity index is 1140. The van der Waals surface area contributed by atoms with Crippen LogP contribution in [0.25, 0.3) is 0 Å². The lowest BCUT2D eigenvalue weighted by atomic mass is 10.1. The van der Waals surface area contributed by atoms with Crippen molar-refractivity contribution in [3.63, 3.8) is 0 Å². The maximum Gasteiger partial charge on any atom is 0.355 e. The molecule has 1 heterocycles. The van der Waals surface area contributed by atoms with Crippen molar-refractivity contribution in [1.29, 1.82) is 0 Å². The van der Waals surface area contributed by atoms with Crippen LogP contribution in [-0.2, 0) is 14.3 Å². The van der Waals surface area contributed by atoms with Crippen molar-refractivity contribution in [3.8, 4) is 11.5 Å². The van der Waals surface area contributed by atoms with Crippen LogP contribution in [0.3, 0.4) is 0 Å². The standard InChI is InChI=1S/C24H18ClNO5/c1-15-7-5-6-10-19(15)22(27)30-24-21(20(25)23(28)31-24)26-16-11-13-18(14-12-16)29-17-8-3-2-4-9-17/h2-14,24,26H,1H3/t24-/m1/s1. The number of carbonyl (C=O) groups excluding carboxylic acids is 2. The van der Waals surface area contributed by atoms with Gasteiger partial charge in [0.05, 0.1) is 5.56 Å². The Hall–Kier alpha value is -3.77. The number of anilines is 1. The molecule has 0 amide bonds. The number of esters is 2. The summed E-state index contributed by atoms with van der Waals surface area (Å²) in [5.74, 6) is -0.0333. The predicted molar refractivity (Wildman–Crippen MR) is 116 cm³/mol. The number of hydrogen-bond acceptors (Lipinski definition) is 6. The average molecular weight is 436 g/mol. The number of rotatable bonds is 6. The molecule has 0 unspecified atom stereocenters. The Morgan fingerprint density at radius 2 is 1.58 bits per heavy atom. The molecule has 7 heteroatoms. The molecule has 3 aromatic carbocycles. The number of ether oxygens (including phenoxy) is 3. The average Bonchev–Trinajstić information content (AvgIpc) is 3.03. The van der Waals surface area contributed by atoms with Crippen LogP contribution in [0.4, 0.5) is 5.69 Å². The molecule has 156 valence electrons. The largest absolute Gasteiger partial charge is 0.457 e. The van der Waals surface area contributed by atoms with Crippen LogP contribution < -0.4 is 10.1 Å². The van der Waals surface area contributed by atoms with Gasteiger partial charge >= 0.3 is 11.9 Å². The Kier molecular flexibility index (Phi) is 5.91. The van der Waals surface area contributed by atoms with Gasteiger partial charge in [-0.15, -0.1) is 0 Å². The number of para-hydroxylation sites is 1. The van der Waals surface area contributed by atoms with Crippen molar-refractivity contribution in [1.82, 2.24) is 0 Å². The summed E-state index contributed by atoms with van der Waals surface area (Å²) < 4.78 is 16.3. The van der Waals surface area contributed by atoms with Crippen molar-refractivity contribution in [2.75, 3.05) is 5.32 Å². The molecular formula is C24H18ClNO5. The number of hydrogen-bond donors (Lipinski definition) is 1. The third-order valence-electron chi connectivity index (χ3n) is 4.56. The van der Waals surface area contributed by atoms with Gasteiger partial charge in [-0.1, -0.05) is 48.0 Å². The van der Waals surface area contributed by atoms with Crippen LogP contribution in [-0.4, -0.2) is 18.2 Å². The van der Waals surface area contributed by atoms with Gasteiger partial charge in [-0.3, -0.25) is 0 Å². The summed E-state index contributed by atoms with van der Waals surface area (Å²) in [6.07, 6.45) is -1.27. The predicted octanol–water partition coefficient (Wildman–Crippen LogP) is 5.39. The summed E-state index contributed by atoms with van der Waals surface area (Å²) >= 11 is 6.10. The Labute approximate surface area is 184 Å². The highest BCUT2D eigenvalue weighted by molar-refractivity contribution is 6.42. The molecule has 0 spiro atoms. The molecular weight excluding hydrogens is 418 g/mol. The molecule has 31 heavy (non-hydrogen) atoms. The lowest BCUT2D eigenvalue weighted by Crippen LogP contribution is -2.24. The van der Waals surface area contributed by atoms with Crippen molar-refractivity contribution >= 4 is 29.2 Å². The summed E-state index contributed by atoms with van der Waals surface area (Å²) in [4.78, 5) is 24.5. The quantitative estimate of drug-likeness (QED) is 0.523. The third-order valence-corrected chi connectivity index (χ3v) is 4.91. The summed E-state index contributed by atoms with van der Waals surface area (Å²) in [5.41, 5.74) is 1.90. The van der Waals surface area contributed by atoms with E-state index in [9.17, 15) is 9.59 Å². The fourth-order valence-corrected chi connectivity index (χ4v) is 3.15. The van der Waals surface area contributed by atoms with Crippen LogP contribution in [0.15, 0.2) is 89.6 Å². The smallest absolute Gasteiger partial charge is 0.355 e. The van der Waals surface area contributed by atoms with Crippen molar-refractivity contribution in [3.05, 3.63) is 101 Å². The van der Waals surface area contributed by atoms with Gasteiger partial charge in [0.15, 0.2) is 5.03 Å². The van der Waals surface area contributed by atoms with Gasteiger partial charge in [0.25, 0.3) is 6.29 Å². The van der Waals surface area contributed by atoms with Crippen LogP contribution in [0.1, 0.15) is 15.9 Å². The van der Waals surface area contributed by atoms with E-state index >= 15 is 0 Å². The first-order valence-electron chi connectivity index (χ1n) is 9.48. The molecule has 0 bridgehead atoms. The molecule has 1 N–H and O–H groups in total. The molecule has 0 fully saturated rings. The molecule has 0 aliphatic carbocycles. The number of cyclic esters (lactones) is 1. The topological polar surface area (TPSA) is 73.9 Å². The van der Waals surface area contributed by atoms with E-state index < -0.39 is 18.2 Å². The molecule has 0 radical (unpaired) electrons. The first kappa shape index (κ1) is 20.5. The first-order chi connectivity index (χ1) is 15.0. The monoisotopic (exact) mass is 435 g/mol. The minimum Gasteiger partial charge on any atom is -0.457 e. The Balaban J connectivity index is 1.47. The van der Waals surface area contributed by atoms with Gasteiger partial charge in [0.2, 0.25) is 0 Å². The molecule has 0 saturated heterocycles. The van der Waals surface area contributed by atoms with Crippen LogP contribution in [0, 0.1) is 6.92 Å². The van der Waals surface area contributed by atoms with E-state index in [-0.39, 0.29) is 10.7 Å². The minimum absolute atomic E-state index is 0.158. The zero-order valence-corrected chi connectivity index (χ0v) is 17.3. The molecule has 4 rings (SSSR count). The highest BCUT2D eigenvalue weighted by Crippen LogP contribution is 2.30. The van der Waals surface area contributed by atoms with Crippen molar-refractivity contribution in [2.24, 2.45) is 0 Å². The van der Waals surface area contributed by atoms with Crippen LogP contribution >= 0.6 is 11.6 Å². The van der Waals surface area contributed by atoms with E-state index in [4.69, 9.17) is 25.8 Å². The first-order valence-corrected chi connectivity index (χ1v) is 9.86. The lowest BCUT2D eigenvalue weighted by Gasteiger charge is -2.17. The molecule has 1 aliphatic rings. The zero-order valence-electron chi connectivity index (χ0n) is 16.5. The van der Waals surface area contributed by atoms with E-state index in [1.807, 2.05) is 36.4 Å². The highest BCUT2D eigenvalue weighted by Gasteiger charge is 2.36. The van der Waals surface area contributed by atoms with Crippen LogP contribution in [0.5, 0.6) is 11.5 Å². The van der Waals surface area contributed by atoms with Gasteiger partial charge in [0, 0.05) is 5.69 Å². The van der Waals surface area contributed by atoms with Crippen molar-refractivity contribution < 1.29 is 23.8 Å². The van der Waals surface area contributed by atoms with Crippen LogP contribution in [0.2, 0.25) is 0 Å². The second-order valence-corrected chi connectivity index (χ2v) is 7.13. The maximum atomic E-state index is 12.5.